The Hall–Kier alpha value is -2.49. The third-order valence-electron chi connectivity index (χ3n) is 3.58. The van der Waals surface area contributed by atoms with Crippen LogP contribution in [0.2, 0.25) is 0 Å². The number of ether oxygens (including phenoxy) is 2. The molecule has 0 aliphatic carbocycles. The van der Waals surface area contributed by atoms with E-state index in [1.165, 1.54) is 32.4 Å². The fourth-order valence-corrected chi connectivity index (χ4v) is 3.55. The van der Waals surface area contributed by atoms with Gasteiger partial charge in [0.2, 0.25) is 10.0 Å². The average molecular weight is 366 g/mol. The van der Waals surface area contributed by atoms with Crippen molar-refractivity contribution >= 4 is 15.7 Å². The second-order valence-corrected chi connectivity index (χ2v) is 6.78. The van der Waals surface area contributed by atoms with Gasteiger partial charge in [-0.2, -0.15) is 0 Å². The van der Waals surface area contributed by atoms with Gasteiger partial charge in [0.05, 0.1) is 18.1 Å². The smallest absolute Gasteiger partial charge is 0.289 e. The molecule has 25 heavy (non-hydrogen) atoms. The molecule has 0 spiro atoms. The van der Waals surface area contributed by atoms with Gasteiger partial charge in [0, 0.05) is 25.3 Å². The highest BCUT2D eigenvalue weighted by Gasteiger charge is 2.26. The Kier molecular flexibility index (Phi) is 6.07. The molecule has 0 aliphatic rings. The molecule has 2 aromatic carbocycles. The summed E-state index contributed by atoms with van der Waals surface area (Å²) in [5, 5.41) is 11.0. The first-order chi connectivity index (χ1) is 11.9. The molecule has 0 amide bonds. The maximum atomic E-state index is 12.5. The van der Waals surface area contributed by atoms with Crippen LogP contribution in [0, 0.1) is 10.1 Å². The Balaban J connectivity index is 2.25. The number of nitrogens with zero attached hydrogens (tertiary/aromatic N) is 1. The van der Waals surface area contributed by atoms with Crippen molar-refractivity contribution in [2.75, 3.05) is 20.8 Å². The summed E-state index contributed by atoms with van der Waals surface area (Å²) in [6.45, 7) is -0.106. The molecule has 0 fully saturated rings. The minimum Gasteiger partial charge on any atom is -0.496 e. The molecule has 0 saturated carbocycles. The lowest BCUT2D eigenvalue weighted by molar-refractivity contribution is -0.387. The molecule has 2 aromatic rings. The number of para-hydroxylation sites is 2. The summed E-state index contributed by atoms with van der Waals surface area (Å²) in [6, 6.07) is 12.2. The molecular formula is C16H18N2O6S. The second kappa shape index (κ2) is 8.06. The lowest BCUT2D eigenvalue weighted by Crippen LogP contribution is -2.30. The maximum Gasteiger partial charge on any atom is 0.289 e. The summed E-state index contributed by atoms with van der Waals surface area (Å²) in [4.78, 5) is 9.91. The molecule has 1 atom stereocenters. The average Bonchev–Trinajstić information content (AvgIpc) is 2.62. The topological polar surface area (TPSA) is 108 Å². The van der Waals surface area contributed by atoms with Crippen LogP contribution >= 0.6 is 0 Å². The summed E-state index contributed by atoms with van der Waals surface area (Å²) in [6.07, 6.45) is -0.617. The minimum absolute atomic E-state index is 0.106. The van der Waals surface area contributed by atoms with Gasteiger partial charge >= 0.3 is 0 Å². The zero-order chi connectivity index (χ0) is 18.4. The van der Waals surface area contributed by atoms with Crippen LogP contribution in [0.3, 0.4) is 0 Å². The summed E-state index contributed by atoms with van der Waals surface area (Å²) >= 11 is 0. The molecule has 134 valence electrons. The number of rotatable bonds is 8. The van der Waals surface area contributed by atoms with Crippen molar-refractivity contribution in [1.29, 1.82) is 0 Å². The minimum atomic E-state index is -4.08. The fraction of sp³-hybridized carbons (Fsp3) is 0.250. The zero-order valence-electron chi connectivity index (χ0n) is 13.7. The van der Waals surface area contributed by atoms with E-state index >= 15 is 0 Å². The monoisotopic (exact) mass is 366 g/mol. The number of methoxy groups -OCH3 is 2. The Bertz CT molecular complexity index is 853. The van der Waals surface area contributed by atoms with Crippen LogP contribution in [-0.2, 0) is 14.8 Å². The molecule has 0 aliphatic heterocycles. The molecule has 8 nitrogen and oxygen atoms in total. The van der Waals surface area contributed by atoms with Crippen molar-refractivity contribution in [3.8, 4) is 5.75 Å². The Morgan fingerprint density at radius 1 is 1.12 bits per heavy atom. The van der Waals surface area contributed by atoms with Gasteiger partial charge < -0.3 is 9.47 Å². The van der Waals surface area contributed by atoms with Crippen LogP contribution in [0.1, 0.15) is 11.7 Å². The molecule has 1 N–H and O–H groups in total. The van der Waals surface area contributed by atoms with Crippen molar-refractivity contribution in [1.82, 2.24) is 4.72 Å². The first kappa shape index (κ1) is 18.8. The lowest BCUT2D eigenvalue weighted by Gasteiger charge is -2.19. The first-order valence-corrected chi connectivity index (χ1v) is 8.78. The predicted octanol–water partition coefficient (Wildman–Crippen LogP) is 2.27. The lowest BCUT2D eigenvalue weighted by atomic mass is 10.1. The summed E-state index contributed by atoms with van der Waals surface area (Å²) in [5.74, 6) is 0.555. The van der Waals surface area contributed by atoms with E-state index in [0.29, 0.717) is 11.3 Å². The highest BCUT2D eigenvalue weighted by atomic mass is 32.2. The largest absolute Gasteiger partial charge is 0.496 e. The van der Waals surface area contributed by atoms with Gasteiger partial charge in [-0.3, -0.25) is 10.1 Å². The molecule has 0 saturated heterocycles. The van der Waals surface area contributed by atoms with Gasteiger partial charge in [0.25, 0.3) is 5.69 Å². The second-order valence-electron chi connectivity index (χ2n) is 5.04. The van der Waals surface area contributed by atoms with Crippen LogP contribution in [-0.4, -0.2) is 34.1 Å². The summed E-state index contributed by atoms with van der Waals surface area (Å²) in [7, 11) is -1.14. The molecule has 2 rings (SSSR count). The molecule has 0 bridgehead atoms. The van der Waals surface area contributed by atoms with Gasteiger partial charge in [0.15, 0.2) is 4.90 Å². The van der Waals surface area contributed by atoms with E-state index in [9.17, 15) is 18.5 Å². The number of nitro benzene ring substituents is 1. The van der Waals surface area contributed by atoms with Crippen molar-refractivity contribution in [3.05, 3.63) is 64.2 Å². The van der Waals surface area contributed by atoms with E-state index in [2.05, 4.69) is 4.72 Å². The first-order valence-electron chi connectivity index (χ1n) is 7.29. The number of sulfonamides is 1. The molecule has 9 heteroatoms. The van der Waals surface area contributed by atoms with E-state index < -0.39 is 31.6 Å². The highest BCUT2D eigenvalue weighted by molar-refractivity contribution is 7.89. The number of nitro groups is 1. The SMILES string of the molecule is COc1ccccc1C(CNS(=O)(=O)c1ccccc1[N+](=O)[O-])OC. The van der Waals surface area contributed by atoms with E-state index in [1.54, 1.807) is 24.3 Å². The van der Waals surface area contributed by atoms with Gasteiger partial charge in [-0.05, 0) is 12.1 Å². The standard InChI is InChI=1S/C16H18N2O6S/c1-23-14-9-5-3-7-12(14)15(24-2)11-17-25(21,22)16-10-6-4-8-13(16)18(19)20/h3-10,15,17H,11H2,1-2H3. The molecule has 0 radical (unpaired) electrons. The normalized spacial score (nSPS) is 12.6. The highest BCUT2D eigenvalue weighted by Crippen LogP contribution is 2.28. The van der Waals surface area contributed by atoms with Crippen LogP contribution in [0.25, 0.3) is 0 Å². The predicted molar refractivity (Wildman–Crippen MR) is 91.0 cm³/mol. The quantitative estimate of drug-likeness (QED) is 0.567. The van der Waals surface area contributed by atoms with Crippen LogP contribution in [0.15, 0.2) is 53.4 Å². The van der Waals surface area contributed by atoms with Crippen molar-refractivity contribution in [2.45, 2.75) is 11.0 Å². The summed E-state index contributed by atoms with van der Waals surface area (Å²) < 4.78 is 37.9. The van der Waals surface area contributed by atoms with Gasteiger partial charge in [-0.25, -0.2) is 13.1 Å². The molecule has 0 heterocycles. The van der Waals surface area contributed by atoms with Crippen LogP contribution in [0.5, 0.6) is 5.75 Å². The third kappa shape index (κ3) is 4.32. The summed E-state index contributed by atoms with van der Waals surface area (Å²) in [5.41, 5.74) is 0.180. The number of hydrogen-bond acceptors (Lipinski definition) is 6. The molecule has 1 unspecified atom stereocenters. The number of benzene rings is 2. The van der Waals surface area contributed by atoms with Gasteiger partial charge in [0.1, 0.15) is 5.75 Å². The third-order valence-corrected chi connectivity index (χ3v) is 5.05. The van der Waals surface area contributed by atoms with Crippen LogP contribution in [0.4, 0.5) is 5.69 Å². The van der Waals surface area contributed by atoms with E-state index in [4.69, 9.17) is 9.47 Å². The van der Waals surface area contributed by atoms with Crippen molar-refractivity contribution in [2.24, 2.45) is 0 Å². The van der Waals surface area contributed by atoms with Crippen LogP contribution < -0.4 is 9.46 Å². The number of hydrogen-bond donors (Lipinski definition) is 1. The Morgan fingerprint density at radius 3 is 2.40 bits per heavy atom. The van der Waals surface area contributed by atoms with Gasteiger partial charge in [-0.15, -0.1) is 0 Å². The Morgan fingerprint density at radius 2 is 1.76 bits per heavy atom. The van der Waals surface area contributed by atoms with E-state index in [-0.39, 0.29) is 6.54 Å². The molecular weight excluding hydrogens is 348 g/mol. The van der Waals surface area contributed by atoms with Gasteiger partial charge in [-0.1, -0.05) is 30.3 Å². The van der Waals surface area contributed by atoms with E-state index in [0.717, 1.165) is 6.07 Å². The van der Waals surface area contributed by atoms with Crippen molar-refractivity contribution in [3.63, 3.8) is 0 Å². The Labute approximate surface area is 145 Å². The zero-order valence-corrected chi connectivity index (χ0v) is 14.5. The maximum absolute atomic E-state index is 12.5. The van der Waals surface area contributed by atoms with Crippen molar-refractivity contribution < 1.29 is 22.8 Å². The van der Waals surface area contributed by atoms with E-state index in [1.807, 2.05) is 0 Å². The number of nitrogens with one attached hydrogen (secondary N) is 1. The molecule has 0 aromatic heterocycles. The fourth-order valence-electron chi connectivity index (χ4n) is 2.35.